The molecule has 0 radical (unpaired) electrons. The molecule has 6 heteroatoms. The van der Waals surface area contributed by atoms with Crippen LogP contribution in [0, 0.1) is 5.92 Å². The number of nitrogens with one attached hydrogen (secondary N) is 1. The summed E-state index contributed by atoms with van der Waals surface area (Å²) in [6.45, 7) is 12.1. The number of carbonyl (C=O) groups is 1. The van der Waals surface area contributed by atoms with E-state index in [0.29, 0.717) is 24.4 Å². The fraction of sp³-hybridized carbons (Fsp3) is 0.421. The van der Waals surface area contributed by atoms with Gasteiger partial charge in [-0.05, 0) is 18.4 Å². The molecule has 25 heavy (non-hydrogen) atoms. The third kappa shape index (κ3) is 4.07. The number of ether oxygens (including phenoxy) is 1. The van der Waals surface area contributed by atoms with E-state index in [1.165, 1.54) is 0 Å². The van der Waals surface area contributed by atoms with Crippen molar-refractivity contribution in [2.75, 3.05) is 6.61 Å². The number of amidine groups is 2. The molecule has 0 saturated heterocycles. The molecule has 2 rings (SSSR count). The van der Waals surface area contributed by atoms with Crippen molar-refractivity contribution >= 4 is 17.8 Å². The van der Waals surface area contributed by atoms with Gasteiger partial charge in [0, 0.05) is 12.0 Å². The number of aliphatic imine (C=N–C) groups is 2. The van der Waals surface area contributed by atoms with Gasteiger partial charge in [0.2, 0.25) is 0 Å². The number of carbonyl (C=O) groups excluding carboxylic acids is 1. The molecular weight excluding hydrogens is 316 g/mol. The summed E-state index contributed by atoms with van der Waals surface area (Å²) in [5.41, 5.74) is 5.66. The summed E-state index contributed by atoms with van der Waals surface area (Å²) >= 11 is 0. The highest BCUT2D eigenvalue weighted by Gasteiger charge is 2.42. The van der Waals surface area contributed by atoms with Crippen molar-refractivity contribution in [2.24, 2.45) is 21.6 Å². The van der Waals surface area contributed by atoms with Crippen molar-refractivity contribution in [1.29, 1.82) is 0 Å². The molecule has 0 aromatic carbocycles. The largest absolute Gasteiger partial charge is 0.465 e. The second kappa shape index (κ2) is 7.96. The van der Waals surface area contributed by atoms with Gasteiger partial charge >= 0.3 is 0 Å². The molecule has 0 aromatic heterocycles. The molecule has 2 aliphatic heterocycles. The molecule has 3 unspecified atom stereocenters. The first-order valence-corrected chi connectivity index (χ1v) is 8.47. The molecule has 0 spiro atoms. The standard InChI is InChI=1S/C19H26N4O2/c1-5-8-14(6-2)17(24)22-15-10-9-13(4)16(21-15)19(7-3)11-12-25-18(20)23-19/h6-10,13,16H,2-3,5,11-12H2,1,4H3,(H2,20,23)(H,21,22,24). The SMILES string of the molecule is C=CC(=CCC)C(=O)NC1=NC(C2(C=C)CCOC(N)=N2)C(C)C=C1. The molecule has 3 N–H and O–H groups in total. The molecule has 0 aliphatic carbocycles. The van der Waals surface area contributed by atoms with E-state index in [9.17, 15) is 4.79 Å². The van der Waals surface area contributed by atoms with E-state index < -0.39 is 5.54 Å². The summed E-state index contributed by atoms with van der Waals surface area (Å²) in [6.07, 6.45) is 10.4. The summed E-state index contributed by atoms with van der Waals surface area (Å²) in [5.74, 6) is 0.396. The van der Waals surface area contributed by atoms with Crippen LogP contribution in [0.15, 0.2) is 59.1 Å². The number of rotatable bonds is 5. The molecule has 0 fully saturated rings. The lowest BCUT2D eigenvalue weighted by molar-refractivity contribution is -0.115. The lowest BCUT2D eigenvalue weighted by atomic mass is 9.79. The minimum atomic E-state index is -0.636. The summed E-state index contributed by atoms with van der Waals surface area (Å²) < 4.78 is 5.25. The van der Waals surface area contributed by atoms with Crippen LogP contribution in [-0.2, 0) is 9.53 Å². The minimum Gasteiger partial charge on any atom is -0.465 e. The number of nitrogens with zero attached hydrogens (tertiary/aromatic N) is 2. The highest BCUT2D eigenvalue weighted by molar-refractivity contribution is 6.11. The van der Waals surface area contributed by atoms with Gasteiger partial charge in [-0.15, -0.1) is 6.58 Å². The van der Waals surface area contributed by atoms with Crippen LogP contribution >= 0.6 is 0 Å². The van der Waals surface area contributed by atoms with Crippen LogP contribution in [0.25, 0.3) is 0 Å². The number of dihydropyridines is 1. The van der Waals surface area contributed by atoms with Crippen molar-refractivity contribution in [1.82, 2.24) is 5.32 Å². The van der Waals surface area contributed by atoms with Gasteiger partial charge in [-0.25, -0.2) is 4.99 Å². The predicted molar refractivity (Wildman–Crippen MR) is 101 cm³/mol. The maximum Gasteiger partial charge on any atom is 0.282 e. The van der Waals surface area contributed by atoms with Gasteiger partial charge in [0.1, 0.15) is 11.4 Å². The number of hydrogen-bond acceptors (Lipinski definition) is 5. The Kier molecular flexibility index (Phi) is 5.96. The maximum absolute atomic E-state index is 12.3. The van der Waals surface area contributed by atoms with Crippen LogP contribution in [0.1, 0.15) is 26.7 Å². The Labute approximate surface area is 148 Å². The summed E-state index contributed by atoms with van der Waals surface area (Å²) in [4.78, 5) is 21.5. The second-order valence-electron chi connectivity index (χ2n) is 6.15. The average Bonchev–Trinajstić information content (AvgIpc) is 2.61. The Bertz CT molecular complexity index is 675. The number of allylic oxidation sites excluding steroid dienone is 1. The first-order valence-electron chi connectivity index (χ1n) is 8.47. The van der Waals surface area contributed by atoms with Gasteiger partial charge in [-0.1, -0.05) is 44.7 Å². The van der Waals surface area contributed by atoms with Crippen LogP contribution in [0.2, 0.25) is 0 Å². The molecule has 6 nitrogen and oxygen atoms in total. The Morgan fingerprint density at radius 1 is 1.56 bits per heavy atom. The third-order valence-corrected chi connectivity index (χ3v) is 4.42. The Morgan fingerprint density at radius 2 is 2.32 bits per heavy atom. The Balaban J connectivity index is 2.28. The fourth-order valence-electron chi connectivity index (χ4n) is 3.07. The zero-order chi connectivity index (χ0) is 18.4. The Hall–Kier alpha value is -2.63. The van der Waals surface area contributed by atoms with E-state index in [1.807, 2.05) is 25.2 Å². The molecule has 1 amide bonds. The Morgan fingerprint density at radius 3 is 2.92 bits per heavy atom. The van der Waals surface area contributed by atoms with E-state index in [-0.39, 0.29) is 23.9 Å². The zero-order valence-corrected chi connectivity index (χ0v) is 14.9. The second-order valence-corrected chi connectivity index (χ2v) is 6.15. The van der Waals surface area contributed by atoms with E-state index >= 15 is 0 Å². The monoisotopic (exact) mass is 342 g/mol. The molecule has 3 atom stereocenters. The van der Waals surface area contributed by atoms with E-state index in [0.717, 1.165) is 6.42 Å². The molecule has 2 aliphatic rings. The lowest BCUT2D eigenvalue weighted by Gasteiger charge is -2.39. The molecular formula is C19H26N4O2. The van der Waals surface area contributed by atoms with Crippen LogP contribution in [0.5, 0.6) is 0 Å². The summed E-state index contributed by atoms with van der Waals surface area (Å²) in [6, 6.07) is -0.0661. The van der Waals surface area contributed by atoms with Crippen molar-refractivity contribution in [2.45, 2.75) is 38.3 Å². The lowest BCUT2D eigenvalue weighted by Crippen LogP contribution is -2.49. The van der Waals surface area contributed by atoms with Gasteiger partial charge in [-0.3, -0.25) is 9.79 Å². The quantitative estimate of drug-likeness (QED) is 0.456. The smallest absolute Gasteiger partial charge is 0.282 e. The van der Waals surface area contributed by atoms with E-state index in [1.54, 1.807) is 12.2 Å². The van der Waals surface area contributed by atoms with Crippen LogP contribution in [-0.4, -0.2) is 36.0 Å². The third-order valence-electron chi connectivity index (χ3n) is 4.42. The van der Waals surface area contributed by atoms with Gasteiger partial charge in [-0.2, -0.15) is 0 Å². The molecule has 0 bridgehead atoms. The van der Waals surface area contributed by atoms with Crippen molar-refractivity contribution in [3.8, 4) is 0 Å². The van der Waals surface area contributed by atoms with Gasteiger partial charge in [0.05, 0.1) is 12.6 Å². The fourth-order valence-corrected chi connectivity index (χ4v) is 3.07. The zero-order valence-electron chi connectivity index (χ0n) is 14.9. The molecule has 2 heterocycles. The summed E-state index contributed by atoms with van der Waals surface area (Å²) in [7, 11) is 0. The van der Waals surface area contributed by atoms with Gasteiger partial charge in [0.25, 0.3) is 11.9 Å². The highest BCUT2D eigenvalue weighted by atomic mass is 16.5. The summed E-state index contributed by atoms with van der Waals surface area (Å²) in [5, 5.41) is 2.84. The molecule has 134 valence electrons. The number of nitrogens with two attached hydrogens (primary N) is 1. The first kappa shape index (κ1) is 18.7. The first-order chi connectivity index (χ1) is 12.0. The topological polar surface area (TPSA) is 89.1 Å². The molecule has 0 aromatic rings. The molecule has 0 saturated carbocycles. The normalized spacial score (nSPS) is 29.1. The number of hydrogen-bond donors (Lipinski definition) is 2. The van der Waals surface area contributed by atoms with Gasteiger partial charge in [0.15, 0.2) is 0 Å². The minimum absolute atomic E-state index is 0.123. The van der Waals surface area contributed by atoms with Crippen LogP contribution in [0.4, 0.5) is 0 Å². The predicted octanol–water partition coefficient (Wildman–Crippen LogP) is 2.26. The number of amides is 1. The van der Waals surface area contributed by atoms with Gasteiger partial charge < -0.3 is 15.8 Å². The van der Waals surface area contributed by atoms with Crippen LogP contribution < -0.4 is 11.1 Å². The van der Waals surface area contributed by atoms with Crippen molar-refractivity contribution < 1.29 is 9.53 Å². The van der Waals surface area contributed by atoms with Crippen molar-refractivity contribution in [3.05, 3.63) is 49.1 Å². The average molecular weight is 342 g/mol. The van der Waals surface area contributed by atoms with Crippen LogP contribution in [0.3, 0.4) is 0 Å². The maximum atomic E-state index is 12.3. The highest BCUT2D eigenvalue weighted by Crippen LogP contribution is 2.34. The van der Waals surface area contributed by atoms with E-state index in [2.05, 4.69) is 30.4 Å². The van der Waals surface area contributed by atoms with Crippen molar-refractivity contribution in [3.63, 3.8) is 0 Å². The van der Waals surface area contributed by atoms with E-state index in [4.69, 9.17) is 15.5 Å².